The van der Waals surface area contributed by atoms with E-state index in [9.17, 15) is 14.9 Å². The first-order chi connectivity index (χ1) is 17.9. The standard InChI is InChI=1S/C22H32N4O2.C5H9NO3/c1-28-19-9-5-8-18(15-19)26-12-10-22(16-23,11-13-26)25-21(27)20(24)14-17-6-3-2-4-7-17;7-5(8)6-1-3-9-4-2-6/h5,8-9,15,17,20H,2-4,6-7,10-14,24H2,1H3,(H,25,27);1-4H2,(H,7,8). The van der Waals surface area contributed by atoms with E-state index in [0.717, 1.165) is 17.9 Å². The zero-order chi connectivity index (χ0) is 26.7. The lowest BCUT2D eigenvalue weighted by atomic mass is 9.84. The SMILES string of the molecule is COc1cccc(N2CCC(C#N)(NC(=O)C(N)CC3CCCCC3)CC2)c1.O=C(O)N1CCOCC1. The maximum Gasteiger partial charge on any atom is 0.407 e. The quantitative estimate of drug-likeness (QED) is 0.525. The third-order valence-corrected chi connectivity index (χ3v) is 7.54. The first kappa shape index (κ1) is 28.5. The number of nitrogens with two attached hydrogens (primary N) is 1. The van der Waals surface area contributed by atoms with Crippen LogP contribution in [0.1, 0.15) is 51.4 Å². The lowest BCUT2D eigenvalue weighted by Gasteiger charge is -2.39. The fourth-order valence-electron chi connectivity index (χ4n) is 5.19. The summed E-state index contributed by atoms with van der Waals surface area (Å²) in [4.78, 5) is 26.5. The molecule has 10 heteroatoms. The number of nitrogens with one attached hydrogen (secondary N) is 1. The van der Waals surface area contributed by atoms with Crippen LogP contribution in [0.2, 0.25) is 0 Å². The molecular weight excluding hydrogens is 474 g/mol. The number of carbonyl (C=O) groups is 2. The number of morpholine rings is 1. The molecule has 204 valence electrons. The molecule has 4 rings (SSSR count). The van der Waals surface area contributed by atoms with Crippen molar-refractivity contribution in [2.75, 3.05) is 51.4 Å². The summed E-state index contributed by atoms with van der Waals surface area (Å²) in [5.74, 6) is 1.18. The van der Waals surface area contributed by atoms with E-state index >= 15 is 0 Å². The highest BCUT2D eigenvalue weighted by Gasteiger charge is 2.37. The molecule has 1 saturated carbocycles. The fraction of sp³-hybridized carbons (Fsp3) is 0.667. The Morgan fingerprint density at radius 1 is 1.22 bits per heavy atom. The zero-order valence-corrected chi connectivity index (χ0v) is 21.9. The molecule has 1 aliphatic carbocycles. The van der Waals surface area contributed by atoms with Crippen molar-refractivity contribution in [2.45, 2.75) is 62.9 Å². The molecule has 10 nitrogen and oxygen atoms in total. The van der Waals surface area contributed by atoms with E-state index in [0.29, 0.717) is 58.2 Å². The van der Waals surface area contributed by atoms with Crippen LogP contribution in [0.5, 0.6) is 5.75 Å². The molecule has 2 saturated heterocycles. The maximum atomic E-state index is 12.7. The van der Waals surface area contributed by atoms with Crippen molar-refractivity contribution in [1.29, 1.82) is 5.26 Å². The average molecular weight is 516 g/mol. The number of nitriles is 1. The second-order valence-corrected chi connectivity index (χ2v) is 10.1. The molecule has 0 radical (unpaired) electrons. The highest BCUT2D eigenvalue weighted by molar-refractivity contribution is 5.82. The van der Waals surface area contributed by atoms with Gasteiger partial charge in [0, 0.05) is 50.8 Å². The Balaban J connectivity index is 0.000000356. The van der Waals surface area contributed by atoms with E-state index in [1.807, 2.05) is 24.3 Å². The van der Waals surface area contributed by atoms with E-state index in [-0.39, 0.29) is 5.91 Å². The number of anilines is 1. The molecule has 0 aromatic heterocycles. The minimum absolute atomic E-state index is 0.179. The molecule has 3 aliphatic rings. The Bertz CT molecular complexity index is 916. The number of piperidine rings is 1. The smallest absolute Gasteiger partial charge is 0.407 e. The lowest BCUT2D eigenvalue weighted by Crippen LogP contribution is -2.58. The van der Waals surface area contributed by atoms with Crippen LogP contribution >= 0.6 is 0 Å². The number of nitrogens with zero attached hydrogens (tertiary/aromatic N) is 3. The molecule has 1 aromatic rings. The Morgan fingerprint density at radius 2 is 1.89 bits per heavy atom. The Kier molecular flexibility index (Phi) is 10.8. The molecule has 2 heterocycles. The summed E-state index contributed by atoms with van der Waals surface area (Å²) in [6, 6.07) is 9.76. The lowest BCUT2D eigenvalue weighted by molar-refractivity contribution is -0.124. The first-order valence-electron chi connectivity index (χ1n) is 13.3. The molecule has 1 aromatic carbocycles. The Hall–Kier alpha value is -3.03. The Morgan fingerprint density at radius 3 is 2.46 bits per heavy atom. The number of methoxy groups -OCH3 is 1. The van der Waals surface area contributed by atoms with E-state index in [4.69, 9.17) is 20.3 Å². The van der Waals surface area contributed by atoms with Crippen LogP contribution in [-0.2, 0) is 9.53 Å². The van der Waals surface area contributed by atoms with Gasteiger partial charge in [0.2, 0.25) is 5.91 Å². The van der Waals surface area contributed by atoms with Crippen molar-refractivity contribution >= 4 is 17.7 Å². The highest BCUT2D eigenvalue weighted by Crippen LogP contribution is 2.29. The van der Waals surface area contributed by atoms with E-state index < -0.39 is 17.7 Å². The van der Waals surface area contributed by atoms with Crippen LogP contribution in [-0.4, -0.2) is 80.1 Å². The molecule has 0 spiro atoms. The number of hydrogen-bond acceptors (Lipinski definition) is 7. The van der Waals surface area contributed by atoms with Crippen LogP contribution in [0.3, 0.4) is 0 Å². The topological polar surface area (TPSA) is 141 Å². The molecule has 2 aliphatic heterocycles. The molecule has 2 amide bonds. The van der Waals surface area contributed by atoms with Crippen LogP contribution in [0.15, 0.2) is 24.3 Å². The molecule has 4 N–H and O–H groups in total. The summed E-state index contributed by atoms with van der Waals surface area (Å²) in [6.45, 7) is 3.50. The molecular formula is C27H41N5O5. The summed E-state index contributed by atoms with van der Waals surface area (Å²) >= 11 is 0. The van der Waals surface area contributed by atoms with Gasteiger partial charge in [-0.25, -0.2) is 4.79 Å². The van der Waals surface area contributed by atoms with Gasteiger partial charge in [0.05, 0.1) is 32.4 Å². The predicted molar refractivity (Wildman–Crippen MR) is 141 cm³/mol. The summed E-state index contributed by atoms with van der Waals surface area (Å²) in [5, 5.41) is 21.2. The van der Waals surface area contributed by atoms with Gasteiger partial charge < -0.3 is 35.4 Å². The molecule has 1 unspecified atom stereocenters. The van der Waals surface area contributed by atoms with Crippen LogP contribution < -0.4 is 20.7 Å². The number of hydrogen-bond donors (Lipinski definition) is 3. The number of benzene rings is 1. The third-order valence-electron chi connectivity index (χ3n) is 7.54. The minimum atomic E-state index is -0.849. The van der Waals surface area contributed by atoms with Gasteiger partial charge >= 0.3 is 6.09 Å². The van der Waals surface area contributed by atoms with Crippen molar-refractivity contribution in [1.82, 2.24) is 10.2 Å². The van der Waals surface area contributed by atoms with Gasteiger partial charge in [-0.15, -0.1) is 0 Å². The summed E-state index contributed by atoms with van der Waals surface area (Å²) < 4.78 is 10.2. The Labute approximate surface area is 219 Å². The van der Waals surface area contributed by atoms with E-state index in [1.165, 1.54) is 37.0 Å². The monoisotopic (exact) mass is 515 g/mol. The van der Waals surface area contributed by atoms with Gasteiger partial charge in [0.1, 0.15) is 11.3 Å². The number of ether oxygens (including phenoxy) is 2. The number of amides is 2. The zero-order valence-electron chi connectivity index (χ0n) is 21.9. The van der Waals surface area contributed by atoms with Gasteiger partial charge in [-0.2, -0.15) is 5.26 Å². The van der Waals surface area contributed by atoms with Gasteiger partial charge in [-0.05, 0) is 24.5 Å². The van der Waals surface area contributed by atoms with Gasteiger partial charge in [-0.3, -0.25) is 4.79 Å². The number of carbonyl (C=O) groups excluding carboxylic acids is 1. The number of carboxylic acid groups (broad SMARTS) is 1. The maximum absolute atomic E-state index is 12.7. The first-order valence-corrected chi connectivity index (χ1v) is 13.3. The van der Waals surface area contributed by atoms with E-state index in [2.05, 4.69) is 16.3 Å². The van der Waals surface area contributed by atoms with Crippen molar-refractivity contribution in [3.05, 3.63) is 24.3 Å². The van der Waals surface area contributed by atoms with Crippen molar-refractivity contribution < 1.29 is 24.2 Å². The minimum Gasteiger partial charge on any atom is -0.497 e. The van der Waals surface area contributed by atoms with Crippen molar-refractivity contribution in [3.8, 4) is 11.8 Å². The average Bonchev–Trinajstić information content (AvgIpc) is 2.94. The van der Waals surface area contributed by atoms with Crippen LogP contribution in [0.4, 0.5) is 10.5 Å². The van der Waals surface area contributed by atoms with Crippen LogP contribution in [0.25, 0.3) is 0 Å². The molecule has 3 fully saturated rings. The molecule has 37 heavy (non-hydrogen) atoms. The normalized spacial score (nSPS) is 20.6. The van der Waals surface area contributed by atoms with Gasteiger partial charge in [-0.1, -0.05) is 38.2 Å². The summed E-state index contributed by atoms with van der Waals surface area (Å²) in [7, 11) is 1.65. The third kappa shape index (κ3) is 8.51. The predicted octanol–water partition coefficient (Wildman–Crippen LogP) is 2.97. The van der Waals surface area contributed by atoms with Crippen LogP contribution in [0, 0.1) is 17.2 Å². The van der Waals surface area contributed by atoms with Gasteiger partial charge in [0.25, 0.3) is 0 Å². The summed E-state index contributed by atoms with van der Waals surface area (Å²) in [6.07, 6.45) is 7.15. The van der Waals surface area contributed by atoms with Gasteiger partial charge in [0.15, 0.2) is 0 Å². The second kappa shape index (κ2) is 14.1. The fourth-order valence-corrected chi connectivity index (χ4v) is 5.19. The highest BCUT2D eigenvalue weighted by atomic mass is 16.5. The molecule has 0 bridgehead atoms. The van der Waals surface area contributed by atoms with Crippen molar-refractivity contribution in [2.24, 2.45) is 11.7 Å². The summed E-state index contributed by atoms with van der Waals surface area (Å²) in [5.41, 5.74) is 6.44. The molecule has 1 atom stereocenters. The van der Waals surface area contributed by atoms with Crippen molar-refractivity contribution in [3.63, 3.8) is 0 Å². The van der Waals surface area contributed by atoms with E-state index in [1.54, 1.807) is 7.11 Å². The second-order valence-electron chi connectivity index (χ2n) is 10.1. The largest absolute Gasteiger partial charge is 0.497 e. The number of rotatable bonds is 6.